The number of carbonyl (C=O) groups excluding carboxylic acids is 1. The van der Waals surface area contributed by atoms with Crippen LogP contribution in [0.5, 0.6) is 0 Å². The fraction of sp³-hybridized carbons (Fsp3) is 0.500. The van der Waals surface area contributed by atoms with E-state index in [0.717, 1.165) is 40.9 Å². The number of esters is 1. The molecule has 0 amide bonds. The lowest BCUT2D eigenvalue weighted by Gasteiger charge is -2.20. The van der Waals surface area contributed by atoms with Gasteiger partial charge >= 0.3 is 5.97 Å². The Kier molecular flexibility index (Phi) is 8.12. The van der Waals surface area contributed by atoms with Gasteiger partial charge in [-0.25, -0.2) is 4.39 Å². The summed E-state index contributed by atoms with van der Waals surface area (Å²) in [7, 11) is 0. The molecule has 0 saturated heterocycles. The molecule has 0 spiro atoms. The molecule has 1 fully saturated rings. The molecule has 1 aromatic carbocycles. The third-order valence-electron chi connectivity index (χ3n) is 5.46. The van der Waals surface area contributed by atoms with Crippen LogP contribution >= 0.6 is 0 Å². The van der Waals surface area contributed by atoms with Crippen LogP contribution in [0.4, 0.5) is 4.39 Å². The summed E-state index contributed by atoms with van der Waals surface area (Å²) in [6.45, 7) is 9.42. The van der Waals surface area contributed by atoms with Crippen molar-refractivity contribution in [1.29, 1.82) is 0 Å². The molecule has 1 aliphatic carbocycles. The number of aromatic nitrogens is 1. The standard InChI is InChI=1S/C28H34FNO4/c1-17(2)25-16-24(18-8-10-20(29)11-9-18)23(27(30-25)19-6-7-19)13-12-21(31)14-22(32)15-26(33)34-28(3,4)5/h8-11,16-17,19,21-22,31-32H,6-7,14-15H2,1-5H3/t21-,22-/m1/s1. The van der Waals surface area contributed by atoms with Crippen molar-refractivity contribution in [2.24, 2.45) is 0 Å². The van der Waals surface area contributed by atoms with Gasteiger partial charge in [0.25, 0.3) is 0 Å². The van der Waals surface area contributed by atoms with E-state index in [1.54, 1.807) is 32.9 Å². The smallest absolute Gasteiger partial charge is 0.308 e. The number of hydrogen-bond donors (Lipinski definition) is 2. The molecule has 1 aliphatic rings. The quantitative estimate of drug-likeness (QED) is 0.438. The van der Waals surface area contributed by atoms with Crippen LogP contribution < -0.4 is 0 Å². The molecule has 0 unspecified atom stereocenters. The van der Waals surface area contributed by atoms with Crippen molar-refractivity contribution < 1.29 is 24.1 Å². The van der Waals surface area contributed by atoms with Crippen molar-refractivity contribution in [3.8, 4) is 23.0 Å². The highest BCUT2D eigenvalue weighted by molar-refractivity contribution is 5.73. The number of pyridine rings is 1. The number of aliphatic hydroxyl groups excluding tert-OH is 2. The van der Waals surface area contributed by atoms with Crippen LogP contribution in [0.25, 0.3) is 11.1 Å². The highest BCUT2D eigenvalue weighted by Crippen LogP contribution is 2.43. The summed E-state index contributed by atoms with van der Waals surface area (Å²) in [5.41, 5.74) is 3.62. The molecule has 2 aromatic rings. The van der Waals surface area contributed by atoms with E-state index in [4.69, 9.17) is 9.72 Å². The van der Waals surface area contributed by atoms with Crippen molar-refractivity contribution in [2.75, 3.05) is 0 Å². The molecule has 6 heteroatoms. The zero-order chi connectivity index (χ0) is 25.0. The Hall–Kier alpha value is -2.75. The lowest BCUT2D eigenvalue weighted by molar-refractivity contribution is -0.157. The van der Waals surface area contributed by atoms with Crippen molar-refractivity contribution >= 4 is 5.97 Å². The summed E-state index contributed by atoms with van der Waals surface area (Å²) in [6, 6.07) is 8.26. The van der Waals surface area contributed by atoms with Gasteiger partial charge in [0.1, 0.15) is 17.5 Å². The van der Waals surface area contributed by atoms with Crippen LogP contribution in [0.15, 0.2) is 30.3 Å². The maximum Gasteiger partial charge on any atom is 0.308 e. The van der Waals surface area contributed by atoms with Gasteiger partial charge in [-0.2, -0.15) is 0 Å². The third kappa shape index (κ3) is 7.38. The highest BCUT2D eigenvalue weighted by atomic mass is 19.1. The van der Waals surface area contributed by atoms with E-state index in [1.807, 2.05) is 6.07 Å². The molecule has 34 heavy (non-hydrogen) atoms. The number of halogens is 1. The van der Waals surface area contributed by atoms with Crippen molar-refractivity contribution in [1.82, 2.24) is 4.98 Å². The highest BCUT2D eigenvalue weighted by Gasteiger charge is 2.30. The predicted molar refractivity (Wildman–Crippen MR) is 130 cm³/mol. The van der Waals surface area contributed by atoms with Crippen LogP contribution in [0.2, 0.25) is 0 Å². The molecular formula is C28H34FNO4. The molecule has 182 valence electrons. The van der Waals surface area contributed by atoms with Crippen LogP contribution in [-0.4, -0.2) is 39.0 Å². The Morgan fingerprint density at radius 1 is 1.21 bits per heavy atom. The SMILES string of the molecule is CC(C)c1cc(-c2ccc(F)cc2)c(C#C[C@@H](O)C[C@@H](O)CC(=O)OC(C)(C)C)c(C2CC2)n1. The molecule has 0 radical (unpaired) electrons. The third-order valence-corrected chi connectivity index (χ3v) is 5.46. The Morgan fingerprint density at radius 3 is 2.41 bits per heavy atom. The van der Waals surface area contributed by atoms with Gasteiger partial charge in [0, 0.05) is 23.6 Å². The lowest BCUT2D eigenvalue weighted by Crippen LogP contribution is -2.27. The fourth-order valence-electron chi connectivity index (χ4n) is 3.65. The number of rotatable bonds is 7. The Morgan fingerprint density at radius 2 is 1.85 bits per heavy atom. The van der Waals surface area contributed by atoms with E-state index in [1.165, 1.54) is 12.1 Å². The summed E-state index contributed by atoms with van der Waals surface area (Å²) >= 11 is 0. The summed E-state index contributed by atoms with van der Waals surface area (Å²) in [6.07, 6.45) is -0.425. The molecule has 5 nitrogen and oxygen atoms in total. The normalized spacial score (nSPS) is 15.4. The van der Waals surface area contributed by atoms with Gasteiger partial charge in [0.05, 0.1) is 23.8 Å². The summed E-state index contributed by atoms with van der Waals surface area (Å²) in [5.74, 6) is 5.61. The van der Waals surface area contributed by atoms with E-state index < -0.39 is 23.8 Å². The first-order chi connectivity index (χ1) is 15.9. The van der Waals surface area contributed by atoms with Crippen LogP contribution in [0, 0.1) is 17.7 Å². The second kappa shape index (κ2) is 10.7. The minimum absolute atomic E-state index is 0.0750. The molecule has 0 bridgehead atoms. The van der Waals surface area contributed by atoms with Gasteiger partial charge in [-0.1, -0.05) is 37.8 Å². The van der Waals surface area contributed by atoms with Crippen LogP contribution in [0.1, 0.15) is 89.1 Å². The summed E-state index contributed by atoms with van der Waals surface area (Å²) < 4.78 is 18.8. The number of ether oxygens (including phenoxy) is 1. The Labute approximate surface area is 201 Å². The van der Waals surface area contributed by atoms with Gasteiger partial charge in [-0.15, -0.1) is 0 Å². The van der Waals surface area contributed by atoms with Gasteiger partial charge < -0.3 is 14.9 Å². The number of carbonyl (C=O) groups is 1. The van der Waals surface area contributed by atoms with Crippen LogP contribution in [0.3, 0.4) is 0 Å². The molecule has 1 aromatic heterocycles. The van der Waals surface area contributed by atoms with Crippen LogP contribution in [-0.2, 0) is 9.53 Å². The Balaban J connectivity index is 1.88. The minimum Gasteiger partial charge on any atom is -0.460 e. The van der Waals surface area contributed by atoms with Crippen molar-refractivity contribution in [3.63, 3.8) is 0 Å². The molecule has 1 saturated carbocycles. The number of nitrogens with zero attached hydrogens (tertiary/aromatic N) is 1. The molecule has 2 atom stereocenters. The minimum atomic E-state index is -1.13. The maximum atomic E-state index is 13.6. The zero-order valence-corrected chi connectivity index (χ0v) is 20.6. The molecule has 0 aliphatic heterocycles. The van der Waals surface area contributed by atoms with Gasteiger partial charge in [-0.3, -0.25) is 9.78 Å². The van der Waals surface area contributed by atoms with Gasteiger partial charge in [-0.05, 0) is 63.3 Å². The molecule has 2 N–H and O–H groups in total. The predicted octanol–water partition coefficient (Wildman–Crippen LogP) is 5.08. The Bertz CT molecular complexity index is 1070. The monoisotopic (exact) mass is 467 g/mol. The molecular weight excluding hydrogens is 433 g/mol. The van der Waals surface area contributed by atoms with E-state index >= 15 is 0 Å². The van der Waals surface area contributed by atoms with E-state index in [9.17, 15) is 19.4 Å². The van der Waals surface area contributed by atoms with Crippen molar-refractivity contribution in [2.45, 2.75) is 89.9 Å². The summed E-state index contributed by atoms with van der Waals surface area (Å²) in [4.78, 5) is 16.8. The van der Waals surface area contributed by atoms with Gasteiger partial charge in [0.15, 0.2) is 0 Å². The second-order valence-electron chi connectivity index (χ2n) is 10.3. The van der Waals surface area contributed by atoms with E-state index in [0.29, 0.717) is 5.92 Å². The zero-order valence-electron chi connectivity index (χ0n) is 20.6. The number of aliphatic hydroxyl groups is 2. The van der Waals surface area contributed by atoms with Crippen molar-refractivity contribution in [3.05, 3.63) is 53.1 Å². The number of benzene rings is 1. The second-order valence-corrected chi connectivity index (χ2v) is 10.3. The first kappa shape index (κ1) is 25.9. The number of hydrogen-bond acceptors (Lipinski definition) is 5. The largest absolute Gasteiger partial charge is 0.460 e. The fourth-order valence-corrected chi connectivity index (χ4v) is 3.65. The topological polar surface area (TPSA) is 79.7 Å². The molecule has 3 rings (SSSR count). The molecule has 1 heterocycles. The lowest BCUT2D eigenvalue weighted by atomic mass is 9.94. The van der Waals surface area contributed by atoms with E-state index in [-0.39, 0.29) is 24.6 Å². The van der Waals surface area contributed by atoms with E-state index in [2.05, 4.69) is 25.7 Å². The average Bonchev–Trinajstić information content (AvgIpc) is 3.55. The maximum absolute atomic E-state index is 13.6. The van der Waals surface area contributed by atoms with Gasteiger partial charge in [0.2, 0.25) is 0 Å². The first-order valence-electron chi connectivity index (χ1n) is 11.8. The average molecular weight is 468 g/mol. The summed E-state index contributed by atoms with van der Waals surface area (Å²) in [5, 5.41) is 20.7. The first-order valence-corrected chi connectivity index (χ1v) is 11.8.